The largest absolute Gasteiger partial charge is 0.366 e. The van der Waals surface area contributed by atoms with Gasteiger partial charge in [0.1, 0.15) is 0 Å². The first kappa shape index (κ1) is 13.8. The maximum Gasteiger partial charge on any atom is 0.248 e. The Kier molecular flexibility index (Phi) is 3.78. The second-order valence-electron chi connectivity index (χ2n) is 4.74. The molecule has 5 nitrogen and oxygen atoms in total. The van der Waals surface area contributed by atoms with Crippen LogP contribution in [-0.2, 0) is 0 Å². The SMILES string of the molecule is NC(=O)c1ccc(Nc2ccc(-c3ccccc3)nn2)cc1. The van der Waals surface area contributed by atoms with Crippen LogP contribution in [0.1, 0.15) is 10.4 Å². The molecule has 0 aliphatic rings. The number of carbonyl (C=O) groups excluding carboxylic acids is 1. The van der Waals surface area contributed by atoms with Crippen LogP contribution in [-0.4, -0.2) is 16.1 Å². The first-order valence-electron chi connectivity index (χ1n) is 6.78. The minimum atomic E-state index is -0.446. The van der Waals surface area contributed by atoms with Gasteiger partial charge in [0.25, 0.3) is 0 Å². The summed E-state index contributed by atoms with van der Waals surface area (Å²) in [5.74, 6) is 0.185. The van der Waals surface area contributed by atoms with E-state index in [0.717, 1.165) is 16.9 Å². The maximum absolute atomic E-state index is 11.0. The monoisotopic (exact) mass is 290 g/mol. The summed E-state index contributed by atoms with van der Waals surface area (Å²) in [6.07, 6.45) is 0. The van der Waals surface area contributed by atoms with Crippen molar-refractivity contribution in [1.82, 2.24) is 10.2 Å². The van der Waals surface area contributed by atoms with Gasteiger partial charge in [0.2, 0.25) is 5.91 Å². The van der Waals surface area contributed by atoms with Crippen molar-refractivity contribution >= 4 is 17.4 Å². The Labute approximate surface area is 127 Å². The van der Waals surface area contributed by atoms with Gasteiger partial charge in [-0.25, -0.2) is 0 Å². The first-order valence-corrected chi connectivity index (χ1v) is 6.78. The third kappa shape index (κ3) is 3.09. The highest BCUT2D eigenvalue weighted by atomic mass is 16.1. The van der Waals surface area contributed by atoms with Crippen LogP contribution < -0.4 is 11.1 Å². The van der Waals surface area contributed by atoms with Crippen molar-refractivity contribution in [2.24, 2.45) is 5.73 Å². The number of nitrogens with zero attached hydrogens (tertiary/aromatic N) is 2. The van der Waals surface area contributed by atoms with Gasteiger partial charge < -0.3 is 11.1 Å². The fraction of sp³-hybridized carbons (Fsp3) is 0. The summed E-state index contributed by atoms with van der Waals surface area (Å²) in [5, 5.41) is 11.5. The molecule has 3 rings (SSSR count). The molecule has 0 atom stereocenters. The molecule has 108 valence electrons. The number of aromatic nitrogens is 2. The van der Waals surface area contributed by atoms with Gasteiger partial charge in [0, 0.05) is 16.8 Å². The van der Waals surface area contributed by atoms with E-state index < -0.39 is 5.91 Å². The molecule has 0 saturated carbocycles. The zero-order chi connectivity index (χ0) is 15.4. The van der Waals surface area contributed by atoms with Gasteiger partial charge in [-0.3, -0.25) is 4.79 Å². The summed E-state index contributed by atoms with van der Waals surface area (Å²) >= 11 is 0. The average Bonchev–Trinajstić information content (AvgIpc) is 2.57. The predicted molar refractivity (Wildman–Crippen MR) is 85.7 cm³/mol. The Morgan fingerprint density at radius 3 is 2.18 bits per heavy atom. The lowest BCUT2D eigenvalue weighted by Gasteiger charge is -2.06. The molecule has 1 heterocycles. The van der Waals surface area contributed by atoms with E-state index in [4.69, 9.17) is 5.73 Å². The molecule has 0 fully saturated rings. The van der Waals surface area contributed by atoms with E-state index in [1.54, 1.807) is 24.3 Å². The van der Waals surface area contributed by atoms with E-state index in [1.165, 1.54) is 0 Å². The Hall–Kier alpha value is -3.21. The smallest absolute Gasteiger partial charge is 0.248 e. The van der Waals surface area contributed by atoms with Gasteiger partial charge in [0.15, 0.2) is 5.82 Å². The Morgan fingerprint density at radius 1 is 0.864 bits per heavy atom. The molecule has 0 spiro atoms. The van der Waals surface area contributed by atoms with E-state index in [0.29, 0.717) is 11.4 Å². The van der Waals surface area contributed by atoms with Gasteiger partial charge in [0.05, 0.1) is 5.69 Å². The maximum atomic E-state index is 11.0. The van der Waals surface area contributed by atoms with Gasteiger partial charge in [-0.1, -0.05) is 30.3 Å². The number of hydrogen-bond donors (Lipinski definition) is 2. The minimum absolute atomic E-state index is 0.446. The molecule has 0 aliphatic carbocycles. The van der Waals surface area contributed by atoms with Crippen molar-refractivity contribution in [3.63, 3.8) is 0 Å². The third-order valence-corrected chi connectivity index (χ3v) is 3.18. The van der Waals surface area contributed by atoms with Crippen LogP contribution in [0, 0.1) is 0 Å². The summed E-state index contributed by atoms with van der Waals surface area (Å²) in [6.45, 7) is 0. The van der Waals surface area contributed by atoms with E-state index in [-0.39, 0.29) is 0 Å². The number of rotatable bonds is 4. The number of amides is 1. The summed E-state index contributed by atoms with van der Waals surface area (Å²) in [5.41, 5.74) is 8.32. The van der Waals surface area contributed by atoms with Crippen LogP contribution in [0.25, 0.3) is 11.3 Å². The molecule has 1 aromatic heterocycles. The zero-order valence-corrected chi connectivity index (χ0v) is 11.7. The van der Waals surface area contributed by atoms with Crippen LogP contribution in [0.3, 0.4) is 0 Å². The highest BCUT2D eigenvalue weighted by molar-refractivity contribution is 5.93. The van der Waals surface area contributed by atoms with Gasteiger partial charge >= 0.3 is 0 Å². The van der Waals surface area contributed by atoms with Crippen LogP contribution in [0.4, 0.5) is 11.5 Å². The van der Waals surface area contributed by atoms with Crippen molar-refractivity contribution in [1.29, 1.82) is 0 Å². The average molecular weight is 290 g/mol. The van der Waals surface area contributed by atoms with Crippen molar-refractivity contribution in [3.05, 3.63) is 72.3 Å². The summed E-state index contributed by atoms with van der Waals surface area (Å²) in [4.78, 5) is 11.0. The molecule has 0 aliphatic heterocycles. The second kappa shape index (κ2) is 6.05. The standard InChI is InChI=1S/C17H14N4O/c18-17(22)13-6-8-14(9-7-13)19-16-11-10-15(20-21-16)12-4-2-1-3-5-12/h1-11H,(H2,18,22)(H,19,21). The molecule has 1 amide bonds. The molecule has 3 N–H and O–H groups in total. The number of anilines is 2. The lowest BCUT2D eigenvalue weighted by molar-refractivity contribution is 0.100. The number of carbonyl (C=O) groups is 1. The molecular weight excluding hydrogens is 276 g/mol. The lowest BCUT2D eigenvalue weighted by Crippen LogP contribution is -2.10. The molecule has 0 radical (unpaired) electrons. The van der Waals surface area contributed by atoms with Gasteiger partial charge in [-0.2, -0.15) is 0 Å². The highest BCUT2D eigenvalue weighted by Crippen LogP contribution is 2.19. The van der Waals surface area contributed by atoms with Gasteiger partial charge in [-0.15, -0.1) is 10.2 Å². The topological polar surface area (TPSA) is 80.9 Å². The molecule has 3 aromatic rings. The summed E-state index contributed by atoms with van der Waals surface area (Å²) < 4.78 is 0. The summed E-state index contributed by atoms with van der Waals surface area (Å²) in [7, 11) is 0. The first-order chi connectivity index (χ1) is 10.7. The molecule has 5 heteroatoms. The fourth-order valence-corrected chi connectivity index (χ4v) is 2.03. The molecule has 0 saturated heterocycles. The van der Waals surface area contributed by atoms with E-state index >= 15 is 0 Å². The number of hydrogen-bond acceptors (Lipinski definition) is 4. The molecule has 22 heavy (non-hydrogen) atoms. The highest BCUT2D eigenvalue weighted by Gasteiger charge is 2.02. The van der Waals surface area contributed by atoms with Crippen LogP contribution in [0.2, 0.25) is 0 Å². The van der Waals surface area contributed by atoms with Crippen LogP contribution in [0.5, 0.6) is 0 Å². The lowest BCUT2D eigenvalue weighted by atomic mass is 10.1. The minimum Gasteiger partial charge on any atom is -0.366 e. The van der Waals surface area contributed by atoms with Crippen molar-refractivity contribution in [3.8, 4) is 11.3 Å². The number of benzene rings is 2. The number of nitrogens with two attached hydrogens (primary N) is 1. The Morgan fingerprint density at radius 2 is 1.59 bits per heavy atom. The summed E-state index contributed by atoms with van der Waals surface area (Å²) in [6, 6.07) is 20.5. The van der Waals surface area contributed by atoms with Gasteiger partial charge in [-0.05, 0) is 36.4 Å². The predicted octanol–water partition coefficient (Wildman–Crippen LogP) is 2.99. The Balaban J connectivity index is 1.75. The zero-order valence-electron chi connectivity index (χ0n) is 11.7. The number of nitrogens with one attached hydrogen (secondary N) is 1. The molecule has 2 aromatic carbocycles. The van der Waals surface area contributed by atoms with Crippen molar-refractivity contribution in [2.45, 2.75) is 0 Å². The third-order valence-electron chi connectivity index (χ3n) is 3.18. The molecule has 0 unspecified atom stereocenters. The quantitative estimate of drug-likeness (QED) is 0.774. The molecular formula is C17H14N4O. The molecule has 0 bridgehead atoms. The second-order valence-corrected chi connectivity index (χ2v) is 4.74. The van der Waals surface area contributed by atoms with Crippen molar-refractivity contribution < 1.29 is 4.79 Å². The number of primary amides is 1. The van der Waals surface area contributed by atoms with E-state index in [9.17, 15) is 4.79 Å². The normalized spacial score (nSPS) is 10.2. The van der Waals surface area contributed by atoms with Crippen LogP contribution in [0.15, 0.2) is 66.7 Å². The van der Waals surface area contributed by atoms with Crippen molar-refractivity contribution in [2.75, 3.05) is 5.32 Å². The van der Waals surface area contributed by atoms with Crippen LogP contribution >= 0.6 is 0 Å². The van der Waals surface area contributed by atoms with E-state index in [2.05, 4.69) is 15.5 Å². The Bertz CT molecular complexity index is 768. The van der Waals surface area contributed by atoms with E-state index in [1.807, 2.05) is 42.5 Å². The fourth-order valence-electron chi connectivity index (χ4n) is 2.03.